The molecule has 5 atom stereocenters. The first-order valence-corrected chi connectivity index (χ1v) is 13.8. The Morgan fingerprint density at radius 2 is 1.73 bits per heavy atom. The van der Waals surface area contributed by atoms with Crippen LogP contribution in [0.5, 0.6) is 0 Å². The number of carbonyl (C=O) groups is 5. The van der Waals surface area contributed by atoms with Crippen LogP contribution in [0.25, 0.3) is 0 Å². The molecule has 11 nitrogen and oxygen atoms in total. The third kappa shape index (κ3) is 15.2. The molecular formula is C28H49ClN3O8Y-. The third-order valence-corrected chi connectivity index (χ3v) is 7.28. The van der Waals surface area contributed by atoms with E-state index in [1.807, 2.05) is 35.0 Å². The summed E-state index contributed by atoms with van der Waals surface area (Å²) in [5.41, 5.74) is 4.69. The second-order valence-electron chi connectivity index (χ2n) is 11.9. The number of primary amides is 1. The monoisotopic (exact) mass is 679 g/mol. The van der Waals surface area contributed by atoms with Gasteiger partial charge in [-0.25, -0.2) is 0 Å². The molecule has 3 amide bonds. The molecular weight excluding hydrogens is 631 g/mol. The summed E-state index contributed by atoms with van der Waals surface area (Å²) in [4.78, 5) is 63.1. The number of piperidine rings is 1. The molecule has 1 rings (SSSR count). The number of hydrogen-bond acceptors (Lipinski definition) is 8. The van der Waals surface area contributed by atoms with Gasteiger partial charge in [-0.15, -0.1) is 0 Å². The van der Waals surface area contributed by atoms with Crippen LogP contribution in [0.1, 0.15) is 66.2 Å². The largest absolute Gasteiger partial charge is 1.00 e. The molecule has 1 aliphatic rings. The Morgan fingerprint density at radius 3 is 2.27 bits per heavy atom. The van der Waals surface area contributed by atoms with E-state index in [-0.39, 0.29) is 89.4 Å². The zero-order valence-electron chi connectivity index (χ0n) is 25.7. The summed E-state index contributed by atoms with van der Waals surface area (Å²) in [5, 5.41) is 2.34. The van der Waals surface area contributed by atoms with Gasteiger partial charge in [0.1, 0.15) is 13.2 Å². The molecule has 0 bridgehead atoms. The van der Waals surface area contributed by atoms with Gasteiger partial charge in [0.05, 0.1) is 32.5 Å². The molecule has 1 heterocycles. The molecule has 1 aliphatic heterocycles. The van der Waals surface area contributed by atoms with E-state index in [4.69, 9.17) is 19.9 Å². The normalized spacial score (nSPS) is 19.9. The van der Waals surface area contributed by atoms with Crippen LogP contribution in [0.15, 0.2) is 0 Å². The zero-order chi connectivity index (χ0) is 29.8. The number of esters is 2. The van der Waals surface area contributed by atoms with Gasteiger partial charge >= 0.3 is 11.9 Å². The fourth-order valence-electron chi connectivity index (χ4n) is 4.46. The smallest absolute Gasteiger partial charge is 0.309 e. The zero-order valence-corrected chi connectivity index (χ0v) is 29.3. The minimum Gasteiger partial charge on any atom is -1.00 e. The minimum absolute atomic E-state index is 0. The molecule has 0 aromatic heterocycles. The van der Waals surface area contributed by atoms with Crippen molar-refractivity contribution in [3.8, 4) is 0 Å². The number of quaternary nitrogens is 1. The summed E-state index contributed by atoms with van der Waals surface area (Å²) in [6, 6.07) is 0. The summed E-state index contributed by atoms with van der Waals surface area (Å²) in [6.07, 6.45) is 1.70. The number of imide groups is 1. The van der Waals surface area contributed by atoms with E-state index in [2.05, 4.69) is 5.32 Å². The maximum atomic E-state index is 13.3. The molecule has 1 radical (unpaired) electrons. The standard InChI is InChI=1S/C28H49N3O8.ClH.Y/c1-8-11-37-13-14-39-27(36)28(4,9-2)18-22(26(35)38-12-10-31(5,6)7)17-20(23(29)32)16-21-15-19(3)24(33)30-25(21)34;;/h13,19-22H,8-12,14-18H2,1-7H3,(H2,29,32)(H,30,33,34);1H;/p-1. The number of carbonyl (C=O) groups excluding carboxylic acids is 5. The molecule has 1 fully saturated rings. The summed E-state index contributed by atoms with van der Waals surface area (Å²) in [6.45, 7) is 9.89. The van der Waals surface area contributed by atoms with Gasteiger partial charge in [-0.1, -0.05) is 20.8 Å². The van der Waals surface area contributed by atoms with Gasteiger partial charge in [-0.3, -0.25) is 29.3 Å². The number of likely N-dealkylation sites (N-methyl/N-ethyl adjacent to an activating group) is 1. The number of hydrogen-bond donors (Lipinski definition) is 2. The summed E-state index contributed by atoms with van der Waals surface area (Å²) in [7, 11) is 5.92. The first kappa shape index (κ1) is 42.0. The first-order chi connectivity index (χ1) is 18.1. The van der Waals surface area contributed by atoms with Crippen LogP contribution in [0.3, 0.4) is 0 Å². The van der Waals surface area contributed by atoms with Crippen molar-refractivity contribution in [3.05, 3.63) is 6.61 Å². The van der Waals surface area contributed by atoms with Crippen molar-refractivity contribution >= 4 is 29.7 Å². The van der Waals surface area contributed by atoms with E-state index < -0.39 is 46.9 Å². The van der Waals surface area contributed by atoms with Gasteiger partial charge in [0.15, 0.2) is 0 Å². The van der Waals surface area contributed by atoms with Crippen molar-refractivity contribution in [1.82, 2.24) is 5.32 Å². The maximum Gasteiger partial charge on any atom is 0.309 e. The van der Waals surface area contributed by atoms with Gasteiger partial charge in [-0.2, -0.15) is 6.61 Å². The van der Waals surface area contributed by atoms with E-state index in [0.717, 1.165) is 6.42 Å². The Morgan fingerprint density at radius 1 is 1.10 bits per heavy atom. The van der Waals surface area contributed by atoms with E-state index in [1.165, 1.54) is 6.61 Å². The Bertz CT molecular complexity index is 870. The van der Waals surface area contributed by atoms with Gasteiger partial charge < -0.3 is 36.8 Å². The van der Waals surface area contributed by atoms with Crippen LogP contribution in [0.2, 0.25) is 0 Å². The SMILES string of the molecule is CCCO[CH-]COC(=O)C(C)(CC)CC(CC(CC1CC(C)C(=O)NC1=O)C(N)=O)C(=O)OCC[N+](C)(C)C.[Cl-].[Y]. The number of nitrogens with zero attached hydrogens (tertiary/aromatic N) is 1. The fourth-order valence-corrected chi connectivity index (χ4v) is 4.46. The van der Waals surface area contributed by atoms with Gasteiger partial charge in [0, 0.05) is 57.1 Å². The molecule has 0 aromatic carbocycles. The number of amides is 3. The number of halogens is 1. The average Bonchev–Trinajstić information content (AvgIpc) is 2.84. The van der Waals surface area contributed by atoms with E-state index in [9.17, 15) is 24.0 Å². The molecule has 0 aromatic rings. The molecule has 3 N–H and O–H groups in total. The van der Waals surface area contributed by atoms with Crippen LogP contribution in [-0.4, -0.2) is 81.7 Å². The van der Waals surface area contributed by atoms with Crippen LogP contribution in [0, 0.1) is 35.7 Å². The number of nitrogens with one attached hydrogen (secondary N) is 1. The van der Waals surface area contributed by atoms with Crippen LogP contribution >= 0.6 is 0 Å². The molecule has 13 heteroatoms. The number of ether oxygens (including phenoxy) is 3. The van der Waals surface area contributed by atoms with Gasteiger partial charge in [0.2, 0.25) is 17.7 Å². The predicted molar refractivity (Wildman–Crippen MR) is 144 cm³/mol. The molecule has 41 heavy (non-hydrogen) atoms. The summed E-state index contributed by atoms with van der Waals surface area (Å²) in [5.74, 6) is -5.10. The molecule has 1 saturated heterocycles. The first-order valence-electron chi connectivity index (χ1n) is 13.8. The Kier molecular flexibility index (Phi) is 20.4. The van der Waals surface area contributed by atoms with Gasteiger partial charge in [-0.05, 0) is 52.1 Å². The fraction of sp³-hybridized carbons (Fsp3) is 0.786. The van der Waals surface area contributed by atoms with Crippen molar-refractivity contribution in [1.29, 1.82) is 0 Å². The van der Waals surface area contributed by atoms with Crippen LogP contribution in [0.4, 0.5) is 0 Å². The second-order valence-corrected chi connectivity index (χ2v) is 11.9. The summed E-state index contributed by atoms with van der Waals surface area (Å²) < 4.78 is 16.9. The van der Waals surface area contributed by atoms with Crippen LogP contribution in [-0.2, 0) is 70.9 Å². The Hall–Kier alpha value is -1.14. The third-order valence-electron chi connectivity index (χ3n) is 7.28. The van der Waals surface area contributed by atoms with Crippen LogP contribution < -0.4 is 23.5 Å². The number of rotatable bonds is 18. The van der Waals surface area contributed by atoms with Crippen molar-refractivity contribution in [2.45, 2.75) is 66.2 Å². The topological polar surface area (TPSA) is 151 Å². The Balaban J connectivity index is 0. The molecule has 0 spiro atoms. The van der Waals surface area contributed by atoms with Crippen molar-refractivity contribution < 1.29 is 87.8 Å². The summed E-state index contributed by atoms with van der Waals surface area (Å²) >= 11 is 0. The molecule has 5 unspecified atom stereocenters. The Labute approximate surface area is 276 Å². The van der Waals surface area contributed by atoms with E-state index >= 15 is 0 Å². The van der Waals surface area contributed by atoms with E-state index in [0.29, 0.717) is 30.5 Å². The number of nitrogens with two attached hydrogens (primary N) is 1. The van der Waals surface area contributed by atoms with E-state index in [1.54, 1.807) is 13.8 Å². The average molecular weight is 680 g/mol. The minimum atomic E-state index is -1.03. The molecule has 235 valence electrons. The van der Waals surface area contributed by atoms with Gasteiger partial charge in [0.25, 0.3) is 0 Å². The van der Waals surface area contributed by atoms with Crippen molar-refractivity contribution in [2.24, 2.45) is 34.8 Å². The van der Waals surface area contributed by atoms with Crippen molar-refractivity contribution in [3.63, 3.8) is 0 Å². The predicted octanol–water partition coefficient (Wildman–Crippen LogP) is -1.03. The van der Waals surface area contributed by atoms with Crippen molar-refractivity contribution in [2.75, 3.05) is 47.5 Å². The molecule has 0 saturated carbocycles. The maximum absolute atomic E-state index is 13.3. The molecule has 0 aliphatic carbocycles. The quantitative estimate of drug-likeness (QED) is 0.0614. The second kappa shape index (κ2) is 19.9.